The summed E-state index contributed by atoms with van der Waals surface area (Å²) < 4.78 is 30.9. The molecule has 3 aromatic rings. The van der Waals surface area contributed by atoms with E-state index in [4.69, 9.17) is 9.88 Å². The molecule has 0 amide bonds. The standard InChI is InChI=1S/C14H16N6O3S/c1-23-12-3-2-10-13-11(4-16-14(10)18-12)17-8-19(13)5-9-6-20(7-9)24(15,21)22/h2-4,8-9H,5-7H2,1H3,(H2,15,21,22). The van der Waals surface area contributed by atoms with Gasteiger partial charge in [-0.3, -0.25) is 0 Å². The zero-order valence-corrected chi connectivity index (χ0v) is 13.8. The minimum Gasteiger partial charge on any atom is -0.481 e. The van der Waals surface area contributed by atoms with Crippen LogP contribution in [0, 0.1) is 5.92 Å². The van der Waals surface area contributed by atoms with Crippen molar-refractivity contribution in [3.63, 3.8) is 0 Å². The third kappa shape index (κ3) is 2.48. The van der Waals surface area contributed by atoms with E-state index in [9.17, 15) is 8.42 Å². The summed E-state index contributed by atoms with van der Waals surface area (Å²) in [5.41, 5.74) is 2.30. The van der Waals surface area contributed by atoms with Gasteiger partial charge >= 0.3 is 0 Å². The highest BCUT2D eigenvalue weighted by molar-refractivity contribution is 7.86. The van der Waals surface area contributed by atoms with Crippen molar-refractivity contribution in [2.45, 2.75) is 6.54 Å². The third-order valence-electron chi connectivity index (χ3n) is 4.23. The molecule has 9 nitrogen and oxygen atoms in total. The number of fused-ring (bicyclic) bond motifs is 3. The van der Waals surface area contributed by atoms with Crippen LogP contribution in [0.2, 0.25) is 0 Å². The molecule has 0 radical (unpaired) electrons. The molecule has 0 aliphatic carbocycles. The van der Waals surface area contributed by atoms with Crippen LogP contribution in [-0.4, -0.2) is 52.4 Å². The van der Waals surface area contributed by atoms with E-state index in [1.807, 2.05) is 10.6 Å². The second-order valence-electron chi connectivity index (χ2n) is 5.84. The Hall–Kier alpha value is -2.30. The molecule has 1 saturated heterocycles. The first-order chi connectivity index (χ1) is 11.5. The molecule has 1 fully saturated rings. The maximum Gasteiger partial charge on any atom is 0.276 e. The number of rotatable bonds is 4. The molecule has 4 heterocycles. The number of hydrogen-bond acceptors (Lipinski definition) is 6. The van der Waals surface area contributed by atoms with Crippen LogP contribution in [0.1, 0.15) is 0 Å². The monoisotopic (exact) mass is 348 g/mol. The fourth-order valence-corrected chi connectivity index (χ4v) is 3.83. The molecule has 2 N–H and O–H groups in total. The molecule has 10 heteroatoms. The summed E-state index contributed by atoms with van der Waals surface area (Å²) in [6.07, 6.45) is 3.42. The Balaban J connectivity index is 1.68. The van der Waals surface area contributed by atoms with Gasteiger partial charge in [-0.2, -0.15) is 17.7 Å². The Kier molecular flexibility index (Phi) is 3.41. The predicted octanol–water partition coefficient (Wildman–Crippen LogP) is 0.123. The van der Waals surface area contributed by atoms with Crippen molar-refractivity contribution in [2.75, 3.05) is 20.2 Å². The number of aromatic nitrogens is 4. The predicted molar refractivity (Wildman–Crippen MR) is 87.6 cm³/mol. The van der Waals surface area contributed by atoms with Crippen LogP contribution in [0.3, 0.4) is 0 Å². The molecule has 1 aliphatic heterocycles. The largest absolute Gasteiger partial charge is 0.481 e. The highest BCUT2D eigenvalue weighted by Gasteiger charge is 2.34. The van der Waals surface area contributed by atoms with Crippen molar-refractivity contribution in [3.05, 3.63) is 24.7 Å². The molecular formula is C14H16N6O3S. The molecule has 0 aromatic carbocycles. The van der Waals surface area contributed by atoms with E-state index < -0.39 is 10.2 Å². The lowest BCUT2D eigenvalue weighted by Crippen LogP contribution is -2.53. The molecule has 0 bridgehead atoms. The van der Waals surface area contributed by atoms with Gasteiger partial charge in [0, 0.05) is 37.0 Å². The number of ether oxygens (including phenoxy) is 1. The topological polar surface area (TPSA) is 116 Å². The zero-order valence-electron chi connectivity index (χ0n) is 13.0. The van der Waals surface area contributed by atoms with Crippen molar-refractivity contribution in [3.8, 4) is 5.88 Å². The quantitative estimate of drug-likeness (QED) is 0.716. The van der Waals surface area contributed by atoms with Gasteiger partial charge in [0.05, 0.1) is 25.2 Å². The highest BCUT2D eigenvalue weighted by Crippen LogP contribution is 2.26. The SMILES string of the molecule is COc1ccc2c(ncc3ncn(CC4CN(S(N)(=O)=O)C4)c32)n1. The van der Waals surface area contributed by atoms with Crippen molar-refractivity contribution < 1.29 is 13.2 Å². The van der Waals surface area contributed by atoms with Gasteiger partial charge in [0.15, 0.2) is 5.65 Å². The molecule has 4 rings (SSSR count). The van der Waals surface area contributed by atoms with E-state index in [0.29, 0.717) is 31.2 Å². The average Bonchev–Trinajstić information content (AvgIpc) is 2.92. The zero-order chi connectivity index (χ0) is 16.9. The van der Waals surface area contributed by atoms with Crippen LogP contribution >= 0.6 is 0 Å². The summed E-state index contributed by atoms with van der Waals surface area (Å²) in [5, 5.41) is 6.00. The Morgan fingerprint density at radius 3 is 2.83 bits per heavy atom. The number of nitrogens with zero attached hydrogens (tertiary/aromatic N) is 5. The first kappa shape index (κ1) is 15.2. The van der Waals surface area contributed by atoms with E-state index in [1.165, 1.54) is 4.31 Å². The molecular weight excluding hydrogens is 332 g/mol. The Labute approximate surface area is 138 Å². The first-order valence-electron chi connectivity index (χ1n) is 7.38. The van der Waals surface area contributed by atoms with E-state index in [0.717, 1.165) is 16.4 Å². The lowest BCUT2D eigenvalue weighted by molar-refractivity contribution is 0.181. The van der Waals surface area contributed by atoms with Gasteiger partial charge < -0.3 is 9.30 Å². The van der Waals surface area contributed by atoms with E-state index >= 15 is 0 Å². The van der Waals surface area contributed by atoms with Crippen molar-refractivity contribution >= 4 is 32.3 Å². The van der Waals surface area contributed by atoms with Gasteiger partial charge in [-0.05, 0) is 6.07 Å². The number of imidazole rings is 1. The van der Waals surface area contributed by atoms with Gasteiger partial charge in [0.2, 0.25) is 5.88 Å². The lowest BCUT2D eigenvalue weighted by Gasteiger charge is -2.36. The Morgan fingerprint density at radius 1 is 1.33 bits per heavy atom. The lowest BCUT2D eigenvalue weighted by atomic mass is 10.0. The maximum absolute atomic E-state index is 11.3. The van der Waals surface area contributed by atoms with Gasteiger partial charge in [-0.15, -0.1) is 0 Å². The molecule has 3 aromatic heterocycles. The summed E-state index contributed by atoms with van der Waals surface area (Å²) in [4.78, 5) is 13.0. The molecule has 1 aliphatic rings. The third-order valence-corrected chi connectivity index (χ3v) is 5.25. The van der Waals surface area contributed by atoms with Crippen LogP contribution in [0.15, 0.2) is 24.7 Å². The van der Waals surface area contributed by atoms with Crippen LogP contribution < -0.4 is 9.88 Å². The summed E-state index contributed by atoms with van der Waals surface area (Å²) in [6, 6.07) is 3.69. The van der Waals surface area contributed by atoms with Gasteiger partial charge in [-0.1, -0.05) is 0 Å². The van der Waals surface area contributed by atoms with E-state index in [1.54, 1.807) is 25.7 Å². The second-order valence-corrected chi connectivity index (χ2v) is 7.39. The van der Waals surface area contributed by atoms with Crippen molar-refractivity contribution in [1.29, 1.82) is 0 Å². The molecule has 0 atom stereocenters. The van der Waals surface area contributed by atoms with Crippen molar-refractivity contribution in [2.24, 2.45) is 11.1 Å². The van der Waals surface area contributed by atoms with E-state index in [-0.39, 0.29) is 5.92 Å². The van der Waals surface area contributed by atoms with Gasteiger partial charge in [0.25, 0.3) is 10.2 Å². The molecule has 0 spiro atoms. The molecule has 0 unspecified atom stereocenters. The number of nitrogens with two attached hydrogens (primary N) is 1. The van der Waals surface area contributed by atoms with Crippen LogP contribution in [0.25, 0.3) is 22.1 Å². The van der Waals surface area contributed by atoms with Crippen LogP contribution in [-0.2, 0) is 16.8 Å². The maximum atomic E-state index is 11.3. The second kappa shape index (κ2) is 5.36. The van der Waals surface area contributed by atoms with Crippen LogP contribution in [0.4, 0.5) is 0 Å². The minimum absolute atomic E-state index is 0.204. The van der Waals surface area contributed by atoms with Gasteiger partial charge in [-0.25, -0.2) is 15.1 Å². The molecule has 24 heavy (non-hydrogen) atoms. The number of methoxy groups -OCH3 is 1. The van der Waals surface area contributed by atoms with Crippen molar-refractivity contribution in [1.82, 2.24) is 23.8 Å². The molecule has 126 valence electrons. The number of pyridine rings is 2. The fraction of sp³-hybridized carbons (Fsp3) is 0.357. The normalized spacial score (nSPS) is 16.6. The highest BCUT2D eigenvalue weighted by atomic mass is 32.2. The minimum atomic E-state index is -3.59. The summed E-state index contributed by atoms with van der Waals surface area (Å²) in [7, 11) is -2.03. The smallest absolute Gasteiger partial charge is 0.276 e. The number of hydrogen-bond donors (Lipinski definition) is 1. The fourth-order valence-electron chi connectivity index (χ4n) is 3.00. The Morgan fingerprint density at radius 2 is 2.12 bits per heavy atom. The Bertz CT molecular complexity index is 1030. The summed E-state index contributed by atoms with van der Waals surface area (Å²) >= 11 is 0. The van der Waals surface area contributed by atoms with E-state index in [2.05, 4.69) is 15.0 Å². The summed E-state index contributed by atoms with van der Waals surface area (Å²) in [6.45, 7) is 1.51. The van der Waals surface area contributed by atoms with Gasteiger partial charge in [0.1, 0.15) is 5.52 Å². The summed E-state index contributed by atoms with van der Waals surface area (Å²) in [5.74, 6) is 0.707. The van der Waals surface area contributed by atoms with Crippen LogP contribution in [0.5, 0.6) is 5.88 Å². The molecule has 0 saturated carbocycles. The first-order valence-corrected chi connectivity index (χ1v) is 8.88. The average molecular weight is 348 g/mol.